The van der Waals surface area contributed by atoms with Crippen LogP contribution in [-0.4, -0.2) is 29.2 Å². The number of primary amides is 1. The highest BCUT2D eigenvalue weighted by Crippen LogP contribution is 2.21. The molecule has 3 aromatic rings. The van der Waals surface area contributed by atoms with Crippen molar-refractivity contribution in [3.63, 3.8) is 0 Å². The Labute approximate surface area is 184 Å². The average Bonchev–Trinajstić information content (AvgIpc) is 2.79. The molecule has 0 fully saturated rings. The SMILES string of the molecule is NC(=O)CSCCC(=O)NNC(=O)c1ccc(COc2ccc3ccccc3c2)cc1. The summed E-state index contributed by atoms with van der Waals surface area (Å²) in [7, 11) is 0. The van der Waals surface area contributed by atoms with Gasteiger partial charge in [0.1, 0.15) is 12.4 Å². The number of hydrogen-bond donors (Lipinski definition) is 3. The van der Waals surface area contributed by atoms with Gasteiger partial charge in [0, 0.05) is 17.7 Å². The van der Waals surface area contributed by atoms with Crippen molar-refractivity contribution in [1.82, 2.24) is 10.9 Å². The summed E-state index contributed by atoms with van der Waals surface area (Å²) >= 11 is 1.27. The van der Waals surface area contributed by atoms with Crippen LogP contribution in [0, 0.1) is 0 Å². The summed E-state index contributed by atoms with van der Waals surface area (Å²) in [4.78, 5) is 34.5. The number of carbonyl (C=O) groups excluding carboxylic acids is 3. The van der Waals surface area contributed by atoms with Gasteiger partial charge in [-0.2, -0.15) is 11.8 Å². The summed E-state index contributed by atoms with van der Waals surface area (Å²) < 4.78 is 5.85. The van der Waals surface area contributed by atoms with E-state index in [0.717, 1.165) is 22.1 Å². The lowest BCUT2D eigenvalue weighted by atomic mass is 10.1. The summed E-state index contributed by atoms with van der Waals surface area (Å²) in [6.07, 6.45) is 0.170. The molecular formula is C23H23N3O4S. The standard InChI is InChI=1S/C23H23N3O4S/c24-21(27)15-31-12-11-22(28)25-26-23(29)18-7-5-16(6-8-18)14-30-20-10-9-17-3-1-2-4-19(17)13-20/h1-10,13H,11-12,14-15H2,(H2,24,27)(H,25,28)(H,26,29). The smallest absolute Gasteiger partial charge is 0.269 e. The molecule has 0 aliphatic rings. The fraction of sp³-hybridized carbons (Fsp3) is 0.174. The number of benzene rings is 3. The van der Waals surface area contributed by atoms with E-state index in [4.69, 9.17) is 10.5 Å². The predicted molar refractivity (Wildman–Crippen MR) is 121 cm³/mol. The van der Waals surface area contributed by atoms with Gasteiger partial charge in [-0.3, -0.25) is 25.2 Å². The van der Waals surface area contributed by atoms with Crippen LogP contribution in [0.2, 0.25) is 0 Å². The maximum absolute atomic E-state index is 12.2. The second-order valence-corrected chi connectivity index (χ2v) is 7.87. The minimum absolute atomic E-state index is 0.163. The van der Waals surface area contributed by atoms with Crippen LogP contribution in [0.1, 0.15) is 22.3 Å². The Morgan fingerprint density at radius 1 is 0.903 bits per heavy atom. The van der Waals surface area contributed by atoms with Gasteiger partial charge in [-0.1, -0.05) is 42.5 Å². The Morgan fingerprint density at radius 3 is 2.39 bits per heavy atom. The largest absolute Gasteiger partial charge is 0.489 e. The number of hydrogen-bond acceptors (Lipinski definition) is 5. The Morgan fingerprint density at radius 2 is 1.65 bits per heavy atom. The molecule has 0 aromatic heterocycles. The molecule has 0 aliphatic heterocycles. The summed E-state index contributed by atoms with van der Waals surface area (Å²) in [6.45, 7) is 0.375. The molecule has 0 atom stereocenters. The topological polar surface area (TPSA) is 111 Å². The highest BCUT2D eigenvalue weighted by Gasteiger charge is 2.08. The molecule has 0 radical (unpaired) electrons. The first-order valence-corrected chi connectivity index (χ1v) is 10.8. The zero-order valence-corrected chi connectivity index (χ0v) is 17.6. The quantitative estimate of drug-likeness (QED) is 0.352. The summed E-state index contributed by atoms with van der Waals surface area (Å²) in [5.41, 5.74) is 11.1. The minimum Gasteiger partial charge on any atom is -0.489 e. The van der Waals surface area contributed by atoms with Gasteiger partial charge in [0.05, 0.1) is 5.75 Å². The molecule has 4 N–H and O–H groups in total. The van der Waals surface area contributed by atoms with Crippen LogP contribution in [0.4, 0.5) is 0 Å². The lowest BCUT2D eigenvalue weighted by molar-refractivity contribution is -0.121. The number of ether oxygens (including phenoxy) is 1. The molecule has 3 rings (SSSR count). The third-order valence-corrected chi connectivity index (χ3v) is 5.36. The van der Waals surface area contributed by atoms with Crippen molar-refractivity contribution in [3.8, 4) is 5.75 Å². The molecule has 0 bridgehead atoms. The molecule has 0 saturated carbocycles. The van der Waals surface area contributed by atoms with Crippen molar-refractivity contribution in [2.45, 2.75) is 13.0 Å². The predicted octanol–water partition coefficient (Wildman–Crippen LogP) is 2.79. The first kappa shape index (κ1) is 22.2. The monoisotopic (exact) mass is 437 g/mol. The van der Waals surface area contributed by atoms with Gasteiger partial charge < -0.3 is 10.5 Å². The van der Waals surface area contributed by atoms with Crippen molar-refractivity contribution >= 4 is 40.3 Å². The molecule has 3 aromatic carbocycles. The van der Waals surface area contributed by atoms with E-state index in [2.05, 4.69) is 10.9 Å². The number of hydrazine groups is 1. The fourth-order valence-corrected chi connectivity index (χ4v) is 3.45. The normalized spacial score (nSPS) is 10.5. The molecule has 3 amide bonds. The van der Waals surface area contributed by atoms with Crippen LogP contribution >= 0.6 is 11.8 Å². The highest BCUT2D eigenvalue weighted by atomic mass is 32.2. The van der Waals surface area contributed by atoms with Crippen LogP contribution in [-0.2, 0) is 16.2 Å². The number of amides is 3. The van der Waals surface area contributed by atoms with Gasteiger partial charge in [-0.15, -0.1) is 0 Å². The van der Waals surface area contributed by atoms with Gasteiger partial charge in [-0.05, 0) is 40.6 Å². The molecule has 31 heavy (non-hydrogen) atoms. The molecule has 0 spiro atoms. The maximum atomic E-state index is 12.2. The zero-order chi connectivity index (χ0) is 22.1. The Bertz CT molecular complexity index is 1070. The first-order valence-electron chi connectivity index (χ1n) is 9.67. The number of carbonyl (C=O) groups is 3. The Balaban J connectivity index is 1.44. The lowest BCUT2D eigenvalue weighted by Gasteiger charge is -2.09. The maximum Gasteiger partial charge on any atom is 0.269 e. The van der Waals surface area contributed by atoms with Gasteiger partial charge in [0.25, 0.3) is 5.91 Å². The van der Waals surface area contributed by atoms with Crippen LogP contribution < -0.4 is 21.3 Å². The Kier molecular flexibility index (Phi) is 7.89. The second-order valence-electron chi connectivity index (χ2n) is 6.77. The lowest BCUT2D eigenvalue weighted by Crippen LogP contribution is -2.41. The van der Waals surface area contributed by atoms with E-state index in [1.807, 2.05) is 42.5 Å². The van der Waals surface area contributed by atoms with Crippen molar-refractivity contribution < 1.29 is 19.1 Å². The highest BCUT2D eigenvalue weighted by molar-refractivity contribution is 7.99. The summed E-state index contributed by atoms with van der Waals surface area (Å²) in [5, 5.41) is 2.27. The van der Waals surface area contributed by atoms with E-state index in [9.17, 15) is 14.4 Å². The van der Waals surface area contributed by atoms with Crippen molar-refractivity contribution in [1.29, 1.82) is 0 Å². The number of rotatable bonds is 9. The molecule has 0 aliphatic carbocycles. The van der Waals surface area contributed by atoms with E-state index < -0.39 is 11.8 Å². The second kappa shape index (κ2) is 11.0. The van der Waals surface area contributed by atoms with Crippen molar-refractivity contribution in [3.05, 3.63) is 77.9 Å². The zero-order valence-electron chi connectivity index (χ0n) is 16.8. The fourth-order valence-electron chi connectivity index (χ4n) is 2.77. The number of nitrogens with two attached hydrogens (primary N) is 1. The van der Waals surface area contributed by atoms with Crippen LogP contribution in [0.15, 0.2) is 66.7 Å². The molecular weight excluding hydrogens is 414 g/mol. The molecule has 0 unspecified atom stereocenters. The van der Waals surface area contributed by atoms with E-state index in [0.29, 0.717) is 17.9 Å². The van der Waals surface area contributed by atoms with Crippen LogP contribution in [0.3, 0.4) is 0 Å². The molecule has 160 valence electrons. The number of nitrogens with one attached hydrogen (secondary N) is 2. The van der Waals surface area contributed by atoms with Gasteiger partial charge in [0.2, 0.25) is 11.8 Å². The van der Waals surface area contributed by atoms with Crippen LogP contribution in [0.25, 0.3) is 10.8 Å². The van der Waals surface area contributed by atoms with E-state index >= 15 is 0 Å². The molecule has 8 heteroatoms. The first-order chi connectivity index (χ1) is 15.0. The minimum atomic E-state index is -0.426. The van der Waals surface area contributed by atoms with E-state index in [1.165, 1.54) is 11.8 Å². The van der Waals surface area contributed by atoms with Gasteiger partial charge in [0.15, 0.2) is 0 Å². The van der Waals surface area contributed by atoms with Gasteiger partial charge in [-0.25, -0.2) is 0 Å². The third-order valence-electron chi connectivity index (χ3n) is 4.38. The van der Waals surface area contributed by atoms with Crippen LogP contribution in [0.5, 0.6) is 5.75 Å². The van der Waals surface area contributed by atoms with Crippen molar-refractivity contribution in [2.75, 3.05) is 11.5 Å². The molecule has 0 heterocycles. The summed E-state index contributed by atoms with van der Waals surface area (Å²) in [6, 6.07) is 21.0. The third kappa shape index (κ3) is 7.04. The molecule has 7 nitrogen and oxygen atoms in total. The summed E-state index contributed by atoms with van der Waals surface area (Å²) in [5.74, 6) is 0.195. The van der Waals surface area contributed by atoms with Crippen molar-refractivity contribution in [2.24, 2.45) is 5.73 Å². The Hall–Kier alpha value is -3.52. The number of thioether (sulfide) groups is 1. The van der Waals surface area contributed by atoms with E-state index in [-0.39, 0.29) is 18.1 Å². The molecule has 0 saturated heterocycles. The van der Waals surface area contributed by atoms with E-state index in [1.54, 1.807) is 24.3 Å². The van der Waals surface area contributed by atoms with Gasteiger partial charge >= 0.3 is 0 Å². The average molecular weight is 438 g/mol. The number of fused-ring (bicyclic) bond motifs is 1.